The molecule has 0 fully saturated rings. The third-order valence-electron chi connectivity index (χ3n) is 3.55. The standard InChI is InChI=1S/C18H16N2O3/c1-11-7-9-13(10-8-11)20-19-12(2)16-17(21)14-5-3-4-6-15(14)23-18(16)22/h3-10,20-21H,1-2H3/b19-12+. The smallest absolute Gasteiger partial charge is 0.349 e. The molecule has 2 N–H and O–H groups in total. The average Bonchev–Trinajstić information content (AvgIpc) is 2.54. The van der Waals surface area contributed by atoms with Gasteiger partial charge in [-0.15, -0.1) is 0 Å². The minimum absolute atomic E-state index is 0.0586. The molecular formula is C18H16N2O3. The van der Waals surface area contributed by atoms with Crippen molar-refractivity contribution >= 4 is 22.4 Å². The highest BCUT2D eigenvalue weighted by Gasteiger charge is 2.16. The van der Waals surface area contributed by atoms with Crippen molar-refractivity contribution in [1.29, 1.82) is 0 Å². The number of fused-ring (bicyclic) bond motifs is 1. The fraction of sp³-hybridized carbons (Fsp3) is 0.111. The van der Waals surface area contributed by atoms with Crippen LogP contribution < -0.4 is 11.1 Å². The maximum Gasteiger partial charge on any atom is 0.349 e. The Morgan fingerprint density at radius 3 is 2.57 bits per heavy atom. The summed E-state index contributed by atoms with van der Waals surface area (Å²) in [6, 6.07) is 14.5. The molecule has 3 aromatic rings. The van der Waals surface area contributed by atoms with Crippen molar-refractivity contribution in [3.8, 4) is 5.75 Å². The van der Waals surface area contributed by atoms with E-state index in [0.29, 0.717) is 16.7 Å². The van der Waals surface area contributed by atoms with E-state index in [1.807, 2.05) is 31.2 Å². The molecule has 116 valence electrons. The molecule has 1 heterocycles. The van der Waals surface area contributed by atoms with Crippen molar-refractivity contribution in [2.24, 2.45) is 5.10 Å². The molecule has 0 aliphatic heterocycles. The van der Waals surface area contributed by atoms with Crippen LogP contribution in [-0.4, -0.2) is 10.8 Å². The molecular weight excluding hydrogens is 292 g/mol. The van der Waals surface area contributed by atoms with Crippen LogP contribution in [0, 0.1) is 6.92 Å². The molecule has 3 rings (SSSR count). The quantitative estimate of drug-likeness (QED) is 0.440. The van der Waals surface area contributed by atoms with Gasteiger partial charge >= 0.3 is 5.63 Å². The number of hydrogen-bond donors (Lipinski definition) is 2. The SMILES string of the molecule is C/C(=N\Nc1ccc(C)cc1)c1c(O)c2ccccc2oc1=O. The van der Waals surface area contributed by atoms with Crippen molar-refractivity contribution in [3.05, 3.63) is 70.1 Å². The summed E-state index contributed by atoms with van der Waals surface area (Å²) in [7, 11) is 0. The zero-order valence-corrected chi connectivity index (χ0v) is 12.8. The van der Waals surface area contributed by atoms with Crippen LogP contribution in [0.2, 0.25) is 0 Å². The second-order valence-corrected chi connectivity index (χ2v) is 5.28. The Balaban J connectivity index is 2.00. The number of anilines is 1. The van der Waals surface area contributed by atoms with Crippen LogP contribution in [0.25, 0.3) is 11.0 Å². The Morgan fingerprint density at radius 2 is 1.83 bits per heavy atom. The predicted molar refractivity (Wildman–Crippen MR) is 91.2 cm³/mol. The number of nitrogens with one attached hydrogen (secondary N) is 1. The normalized spacial score (nSPS) is 11.7. The first-order chi connectivity index (χ1) is 11.1. The molecule has 0 saturated heterocycles. The van der Waals surface area contributed by atoms with Gasteiger partial charge in [-0.2, -0.15) is 5.10 Å². The molecule has 0 spiro atoms. The van der Waals surface area contributed by atoms with Gasteiger partial charge in [0.05, 0.1) is 16.8 Å². The van der Waals surface area contributed by atoms with Crippen molar-refractivity contribution in [2.75, 3.05) is 5.43 Å². The summed E-state index contributed by atoms with van der Waals surface area (Å²) in [6.07, 6.45) is 0. The van der Waals surface area contributed by atoms with E-state index in [4.69, 9.17) is 4.42 Å². The van der Waals surface area contributed by atoms with E-state index in [-0.39, 0.29) is 11.3 Å². The van der Waals surface area contributed by atoms with E-state index in [9.17, 15) is 9.90 Å². The summed E-state index contributed by atoms with van der Waals surface area (Å²) in [4.78, 5) is 12.1. The highest BCUT2D eigenvalue weighted by Crippen LogP contribution is 2.26. The predicted octanol–water partition coefficient (Wildman–Crippen LogP) is 3.64. The van der Waals surface area contributed by atoms with Gasteiger partial charge in [0, 0.05) is 0 Å². The minimum Gasteiger partial charge on any atom is -0.506 e. The Bertz CT molecular complexity index is 941. The van der Waals surface area contributed by atoms with Gasteiger partial charge in [-0.25, -0.2) is 4.79 Å². The minimum atomic E-state index is -0.617. The first kappa shape index (κ1) is 14.8. The molecule has 0 saturated carbocycles. The van der Waals surface area contributed by atoms with E-state index in [1.165, 1.54) is 0 Å². The summed E-state index contributed by atoms with van der Waals surface area (Å²) in [5, 5.41) is 15.0. The second kappa shape index (κ2) is 5.96. The van der Waals surface area contributed by atoms with E-state index in [1.54, 1.807) is 31.2 Å². The van der Waals surface area contributed by atoms with Crippen LogP contribution >= 0.6 is 0 Å². The Labute approximate surface area is 132 Å². The molecule has 0 aliphatic rings. The van der Waals surface area contributed by atoms with Gasteiger partial charge in [0.2, 0.25) is 0 Å². The van der Waals surface area contributed by atoms with Gasteiger partial charge in [0.25, 0.3) is 0 Å². The van der Waals surface area contributed by atoms with Gasteiger partial charge in [0.15, 0.2) is 0 Å². The largest absolute Gasteiger partial charge is 0.506 e. The number of aryl methyl sites for hydroxylation is 1. The monoisotopic (exact) mass is 308 g/mol. The summed E-state index contributed by atoms with van der Waals surface area (Å²) in [5.41, 5.74) is 4.94. The molecule has 0 aliphatic carbocycles. The van der Waals surface area contributed by atoms with Gasteiger partial charge in [-0.1, -0.05) is 29.8 Å². The molecule has 0 amide bonds. The molecule has 5 nitrogen and oxygen atoms in total. The molecule has 0 unspecified atom stereocenters. The Hall–Kier alpha value is -3.08. The van der Waals surface area contributed by atoms with E-state index in [2.05, 4.69) is 10.5 Å². The average molecular weight is 308 g/mol. The molecule has 2 aromatic carbocycles. The molecule has 1 aromatic heterocycles. The maximum atomic E-state index is 12.1. The number of aromatic hydroxyl groups is 1. The highest BCUT2D eigenvalue weighted by atomic mass is 16.4. The summed E-state index contributed by atoms with van der Waals surface area (Å²) < 4.78 is 5.24. The lowest BCUT2D eigenvalue weighted by Crippen LogP contribution is -2.14. The topological polar surface area (TPSA) is 74.8 Å². The van der Waals surface area contributed by atoms with Crippen LogP contribution in [0.5, 0.6) is 5.75 Å². The zero-order chi connectivity index (χ0) is 16.4. The summed E-state index contributed by atoms with van der Waals surface area (Å²) in [6.45, 7) is 3.64. The van der Waals surface area contributed by atoms with E-state index < -0.39 is 5.63 Å². The summed E-state index contributed by atoms with van der Waals surface area (Å²) in [5.74, 6) is -0.121. The fourth-order valence-corrected chi connectivity index (χ4v) is 2.28. The lowest BCUT2D eigenvalue weighted by atomic mass is 10.1. The first-order valence-electron chi connectivity index (χ1n) is 7.18. The molecule has 5 heteroatoms. The number of nitrogens with zero attached hydrogens (tertiary/aromatic N) is 1. The second-order valence-electron chi connectivity index (χ2n) is 5.28. The van der Waals surface area contributed by atoms with Gasteiger partial charge in [-0.3, -0.25) is 5.43 Å². The number of benzene rings is 2. The maximum absolute atomic E-state index is 12.1. The lowest BCUT2D eigenvalue weighted by molar-refractivity contribution is 0.466. The molecule has 0 atom stereocenters. The van der Waals surface area contributed by atoms with E-state index in [0.717, 1.165) is 11.3 Å². The highest BCUT2D eigenvalue weighted by molar-refractivity contribution is 6.04. The van der Waals surface area contributed by atoms with Crippen molar-refractivity contribution in [1.82, 2.24) is 0 Å². The van der Waals surface area contributed by atoms with Crippen LogP contribution in [0.1, 0.15) is 18.1 Å². The van der Waals surface area contributed by atoms with Gasteiger partial charge in [0.1, 0.15) is 16.9 Å². The van der Waals surface area contributed by atoms with Crippen molar-refractivity contribution in [3.63, 3.8) is 0 Å². The number of rotatable bonds is 3. The summed E-state index contributed by atoms with van der Waals surface area (Å²) >= 11 is 0. The lowest BCUT2D eigenvalue weighted by Gasteiger charge is -2.07. The van der Waals surface area contributed by atoms with Crippen LogP contribution in [0.4, 0.5) is 5.69 Å². The third-order valence-corrected chi connectivity index (χ3v) is 3.55. The molecule has 23 heavy (non-hydrogen) atoms. The first-order valence-corrected chi connectivity index (χ1v) is 7.18. The van der Waals surface area contributed by atoms with Crippen molar-refractivity contribution < 1.29 is 9.52 Å². The fourth-order valence-electron chi connectivity index (χ4n) is 2.28. The third kappa shape index (κ3) is 2.94. The van der Waals surface area contributed by atoms with Gasteiger partial charge < -0.3 is 9.52 Å². The Kier molecular flexibility index (Phi) is 3.85. The molecule has 0 radical (unpaired) electrons. The zero-order valence-electron chi connectivity index (χ0n) is 12.8. The van der Waals surface area contributed by atoms with Crippen LogP contribution in [0.15, 0.2) is 62.8 Å². The number of hydrazone groups is 1. The van der Waals surface area contributed by atoms with E-state index >= 15 is 0 Å². The number of para-hydroxylation sites is 1. The van der Waals surface area contributed by atoms with Crippen LogP contribution in [0.3, 0.4) is 0 Å². The molecule has 0 bridgehead atoms. The Morgan fingerprint density at radius 1 is 1.13 bits per heavy atom. The number of hydrogen-bond acceptors (Lipinski definition) is 5. The van der Waals surface area contributed by atoms with Gasteiger partial charge in [-0.05, 0) is 38.1 Å². The van der Waals surface area contributed by atoms with Crippen molar-refractivity contribution in [2.45, 2.75) is 13.8 Å². The van der Waals surface area contributed by atoms with Crippen LogP contribution in [-0.2, 0) is 0 Å².